The summed E-state index contributed by atoms with van der Waals surface area (Å²) in [4.78, 5) is 25.5. The summed E-state index contributed by atoms with van der Waals surface area (Å²) in [7, 11) is 1.50. The lowest BCUT2D eigenvalue weighted by Gasteiger charge is -2.16. The van der Waals surface area contributed by atoms with Gasteiger partial charge in [0.1, 0.15) is 0 Å². The number of hydrogen-bond acceptors (Lipinski definition) is 3. The third-order valence-corrected chi connectivity index (χ3v) is 4.03. The number of methoxy groups -OCH3 is 1. The molecule has 132 valence electrons. The number of nitrogens with one attached hydrogen (secondary N) is 1. The molecule has 1 fully saturated rings. The number of anilines is 1. The van der Waals surface area contributed by atoms with Crippen LogP contribution in [-0.4, -0.2) is 43.5 Å². The summed E-state index contributed by atoms with van der Waals surface area (Å²) < 4.78 is 43.1. The number of carbonyl (C=O) groups excluding carboxylic acids is 2. The maximum atomic E-state index is 12.7. The largest absolute Gasteiger partial charge is 0.416 e. The Kier molecular flexibility index (Phi) is 5.71. The first-order valence-corrected chi connectivity index (χ1v) is 7.54. The number of likely N-dealkylation sites (tertiary alicyclic amines) is 1. The van der Waals surface area contributed by atoms with Crippen molar-refractivity contribution in [2.45, 2.75) is 12.6 Å². The predicted octanol–water partition coefficient (Wildman–Crippen LogP) is 2.79. The van der Waals surface area contributed by atoms with Crippen molar-refractivity contribution in [2.75, 3.05) is 32.1 Å². The third kappa shape index (κ3) is 4.39. The Morgan fingerprint density at radius 2 is 2.17 bits per heavy atom. The number of amides is 2. The van der Waals surface area contributed by atoms with Gasteiger partial charge in [0.25, 0.3) is 0 Å². The van der Waals surface area contributed by atoms with E-state index in [9.17, 15) is 22.8 Å². The van der Waals surface area contributed by atoms with Gasteiger partial charge in [-0.1, -0.05) is 11.6 Å². The Bertz CT molecular complexity index is 637. The van der Waals surface area contributed by atoms with Gasteiger partial charge in [-0.3, -0.25) is 9.59 Å². The van der Waals surface area contributed by atoms with E-state index in [2.05, 4.69) is 5.32 Å². The number of benzene rings is 1. The van der Waals surface area contributed by atoms with Gasteiger partial charge in [-0.15, -0.1) is 0 Å². The monoisotopic (exact) mass is 364 g/mol. The van der Waals surface area contributed by atoms with Crippen LogP contribution in [0.4, 0.5) is 18.9 Å². The third-order valence-electron chi connectivity index (χ3n) is 3.70. The molecular weight excluding hydrogens is 349 g/mol. The molecule has 1 aromatic carbocycles. The summed E-state index contributed by atoms with van der Waals surface area (Å²) in [6.45, 7) is 0.910. The normalized spacial score (nSPS) is 18.1. The van der Waals surface area contributed by atoms with Crippen molar-refractivity contribution < 1.29 is 27.5 Å². The van der Waals surface area contributed by atoms with Gasteiger partial charge in [0.15, 0.2) is 0 Å². The van der Waals surface area contributed by atoms with Gasteiger partial charge in [-0.05, 0) is 18.2 Å². The molecule has 1 aliphatic rings. The van der Waals surface area contributed by atoms with Crippen molar-refractivity contribution in [2.24, 2.45) is 5.92 Å². The van der Waals surface area contributed by atoms with E-state index in [1.54, 1.807) is 0 Å². The highest BCUT2D eigenvalue weighted by atomic mass is 35.5. The van der Waals surface area contributed by atoms with E-state index < -0.39 is 23.6 Å². The zero-order chi connectivity index (χ0) is 17.9. The van der Waals surface area contributed by atoms with Crippen LogP contribution in [0.2, 0.25) is 5.02 Å². The minimum Gasteiger partial charge on any atom is -0.383 e. The fourth-order valence-corrected chi connectivity index (χ4v) is 2.56. The highest BCUT2D eigenvalue weighted by Crippen LogP contribution is 2.34. The van der Waals surface area contributed by atoms with Crippen molar-refractivity contribution in [1.82, 2.24) is 4.90 Å². The van der Waals surface area contributed by atoms with Crippen molar-refractivity contribution in [3.63, 3.8) is 0 Å². The van der Waals surface area contributed by atoms with E-state index in [4.69, 9.17) is 16.3 Å². The zero-order valence-electron chi connectivity index (χ0n) is 12.8. The molecule has 0 bridgehead atoms. The van der Waals surface area contributed by atoms with Crippen molar-refractivity contribution in [3.8, 4) is 0 Å². The Morgan fingerprint density at radius 1 is 1.46 bits per heavy atom. The first kappa shape index (κ1) is 18.5. The standard InChI is InChI=1S/C15H16ClF3N2O3/c1-24-5-4-21-8-9(6-13(21)22)14(23)20-12-7-10(15(17,18)19)2-3-11(12)16/h2-3,7,9H,4-6,8H2,1H3,(H,20,23). The molecule has 5 nitrogen and oxygen atoms in total. The maximum Gasteiger partial charge on any atom is 0.416 e. The minimum absolute atomic E-state index is 0.00286. The van der Waals surface area contributed by atoms with Crippen molar-refractivity contribution >= 4 is 29.1 Å². The summed E-state index contributed by atoms with van der Waals surface area (Å²) >= 11 is 5.85. The van der Waals surface area contributed by atoms with Gasteiger partial charge >= 0.3 is 6.18 Å². The van der Waals surface area contributed by atoms with Gasteiger partial charge in [-0.2, -0.15) is 13.2 Å². The molecule has 2 rings (SSSR count). The van der Waals surface area contributed by atoms with Crippen LogP contribution in [0.1, 0.15) is 12.0 Å². The second-order valence-corrected chi connectivity index (χ2v) is 5.82. The van der Waals surface area contributed by atoms with Crippen LogP contribution in [0.3, 0.4) is 0 Å². The van der Waals surface area contributed by atoms with Crippen LogP contribution < -0.4 is 5.32 Å². The van der Waals surface area contributed by atoms with Gasteiger partial charge in [0, 0.05) is 26.6 Å². The fourth-order valence-electron chi connectivity index (χ4n) is 2.40. The van der Waals surface area contributed by atoms with Crippen LogP contribution in [0.25, 0.3) is 0 Å². The Labute approximate surface area is 141 Å². The molecule has 2 amide bonds. The molecule has 0 saturated carbocycles. The first-order chi connectivity index (χ1) is 11.2. The highest BCUT2D eigenvalue weighted by Gasteiger charge is 2.35. The van der Waals surface area contributed by atoms with Crippen molar-refractivity contribution in [3.05, 3.63) is 28.8 Å². The fraction of sp³-hybridized carbons (Fsp3) is 0.467. The summed E-state index contributed by atoms with van der Waals surface area (Å²) in [5.41, 5.74) is -1.04. The van der Waals surface area contributed by atoms with Gasteiger partial charge in [0.05, 0.1) is 28.8 Å². The second-order valence-electron chi connectivity index (χ2n) is 5.42. The molecule has 1 atom stereocenters. The Balaban J connectivity index is 2.06. The van der Waals surface area contributed by atoms with Crippen molar-refractivity contribution in [1.29, 1.82) is 0 Å². The van der Waals surface area contributed by atoms with E-state index >= 15 is 0 Å². The Morgan fingerprint density at radius 3 is 2.79 bits per heavy atom. The summed E-state index contributed by atoms with van der Waals surface area (Å²) in [5, 5.41) is 2.38. The summed E-state index contributed by atoms with van der Waals surface area (Å²) in [5.74, 6) is -1.37. The smallest absolute Gasteiger partial charge is 0.383 e. The topological polar surface area (TPSA) is 58.6 Å². The van der Waals surface area contributed by atoms with E-state index in [0.29, 0.717) is 13.2 Å². The van der Waals surface area contributed by atoms with Crippen LogP contribution in [-0.2, 0) is 20.5 Å². The lowest BCUT2D eigenvalue weighted by Crippen LogP contribution is -2.30. The highest BCUT2D eigenvalue weighted by molar-refractivity contribution is 6.33. The summed E-state index contributed by atoms with van der Waals surface area (Å²) in [6.07, 6.45) is -4.53. The molecule has 1 N–H and O–H groups in total. The SMILES string of the molecule is COCCN1CC(C(=O)Nc2cc(C(F)(F)F)ccc2Cl)CC1=O. The number of halogens is 4. The van der Waals surface area contributed by atoms with Crippen LogP contribution >= 0.6 is 11.6 Å². The number of alkyl halides is 3. The molecule has 0 spiro atoms. The Hall–Kier alpha value is -1.80. The molecular formula is C15H16ClF3N2O3. The molecule has 1 heterocycles. The second kappa shape index (κ2) is 7.40. The number of carbonyl (C=O) groups is 2. The molecule has 24 heavy (non-hydrogen) atoms. The lowest BCUT2D eigenvalue weighted by molar-refractivity contribution is -0.137. The van der Waals surface area contributed by atoms with Gasteiger partial charge < -0.3 is 15.0 Å². The maximum absolute atomic E-state index is 12.7. The molecule has 0 aliphatic carbocycles. The molecule has 1 aliphatic heterocycles. The van der Waals surface area contributed by atoms with Crippen LogP contribution in [0.15, 0.2) is 18.2 Å². The van der Waals surface area contributed by atoms with E-state index in [1.807, 2.05) is 0 Å². The lowest BCUT2D eigenvalue weighted by atomic mass is 10.1. The number of rotatable bonds is 5. The minimum atomic E-state index is -4.54. The van der Waals surface area contributed by atoms with E-state index in [-0.39, 0.29) is 29.6 Å². The van der Waals surface area contributed by atoms with E-state index in [1.165, 1.54) is 12.0 Å². The molecule has 1 saturated heterocycles. The molecule has 9 heteroatoms. The summed E-state index contributed by atoms with van der Waals surface area (Å²) in [6, 6.07) is 2.69. The number of ether oxygens (including phenoxy) is 1. The molecule has 0 aromatic heterocycles. The van der Waals surface area contributed by atoms with Gasteiger partial charge in [-0.25, -0.2) is 0 Å². The van der Waals surface area contributed by atoms with Crippen LogP contribution in [0, 0.1) is 5.92 Å². The predicted molar refractivity (Wildman–Crippen MR) is 81.6 cm³/mol. The average Bonchev–Trinajstić information content (AvgIpc) is 2.87. The zero-order valence-corrected chi connectivity index (χ0v) is 13.6. The quantitative estimate of drug-likeness (QED) is 0.874. The van der Waals surface area contributed by atoms with Gasteiger partial charge in [0.2, 0.25) is 11.8 Å². The molecule has 1 unspecified atom stereocenters. The number of hydrogen-bond donors (Lipinski definition) is 1. The average molecular weight is 365 g/mol. The van der Waals surface area contributed by atoms with Crippen LogP contribution in [0.5, 0.6) is 0 Å². The molecule has 0 radical (unpaired) electrons. The number of nitrogens with zero attached hydrogens (tertiary/aromatic N) is 1. The first-order valence-electron chi connectivity index (χ1n) is 7.16. The van der Waals surface area contributed by atoms with E-state index in [0.717, 1.165) is 18.2 Å². The molecule has 1 aromatic rings.